The lowest BCUT2D eigenvalue weighted by atomic mass is 9.94. The number of aliphatic hydroxyl groups is 2. The minimum atomic E-state index is -4.78. The summed E-state index contributed by atoms with van der Waals surface area (Å²) in [7, 11) is 0. The van der Waals surface area contributed by atoms with Gasteiger partial charge in [-0.2, -0.15) is 43.9 Å². The molecule has 0 saturated heterocycles. The lowest BCUT2D eigenvalue weighted by Crippen LogP contribution is -2.26. The van der Waals surface area contributed by atoms with Crippen LogP contribution >= 0.6 is 0 Å². The molecule has 4 aromatic carbocycles. The van der Waals surface area contributed by atoms with Crippen molar-refractivity contribution in [3.8, 4) is 33.8 Å². The standard InChI is InChI=1S/2C26H21F5N4O3/c2*1-25(2,36)23-32-10-13(11-33-23)12-6-7-15-16(8-12)35-17-9-19(22(35)34-15)37-21(26(29,30)31)14-4-3-5-18(20(14)17)38-24(27)28/h2*3-8,10-11,17,19,21,24,36H,9H2,1-2H3/t17-,19-,21?;17-,19-,21+/m10/s1. The average Bonchev–Trinajstić information content (AvgIpc) is 4.12. The summed E-state index contributed by atoms with van der Waals surface area (Å²) in [6.45, 7) is -0.160. The summed E-state index contributed by atoms with van der Waals surface area (Å²) in [6.07, 6.45) is -9.80. The summed E-state index contributed by atoms with van der Waals surface area (Å²) in [5.41, 5.74) is 1.92. The maximum Gasteiger partial charge on any atom is 0.418 e. The number of benzene rings is 4. The van der Waals surface area contributed by atoms with Crippen LogP contribution in [0.15, 0.2) is 97.6 Å². The molecule has 4 aliphatic heterocycles. The molecule has 4 aliphatic rings. The van der Waals surface area contributed by atoms with Gasteiger partial charge in [0.25, 0.3) is 0 Å². The van der Waals surface area contributed by atoms with Crippen LogP contribution in [0.1, 0.15) is 123 Å². The molecule has 0 saturated carbocycles. The van der Waals surface area contributed by atoms with Gasteiger partial charge in [0.2, 0.25) is 0 Å². The Morgan fingerprint density at radius 1 is 0.539 bits per heavy atom. The van der Waals surface area contributed by atoms with Crippen molar-refractivity contribution in [2.75, 3.05) is 0 Å². The van der Waals surface area contributed by atoms with Crippen LogP contribution in [0, 0.1) is 0 Å². The normalized spacial score (nSPS) is 20.9. The Kier molecular flexibility index (Phi) is 12.2. The minimum Gasteiger partial charge on any atom is -0.434 e. The highest BCUT2D eigenvalue weighted by Gasteiger charge is 2.53. The Hall–Kier alpha value is -7.28. The number of hydrogen-bond acceptors (Lipinski definition) is 12. The van der Waals surface area contributed by atoms with E-state index in [0.29, 0.717) is 44.3 Å². The van der Waals surface area contributed by atoms with E-state index in [9.17, 15) is 54.1 Å². The van der Waals surface area contributed by atoms with E-state index in [-0.39, 0.29) is 69.9 Å². The van der Waals surface area contributed by atoms with Gasteiger partial charge in [0.05, 0.1) is 34.2 Å². The molecular formula is C52H42F10N8O6. The van der Waals surface area contributed by atoms with Crippen LogP contribution < -0.4 is 9.47 Å². The second-order valence-electron chi connectivity index (χ2n) is 19.7. The molecule has 8 heterocycles. The number of ether oxygens (including phenoxy) is 4. The fourth-order valence-corrected chi connectivity index (χ4v) is 10.5. The third-order valence-corrected chi connectivity index (χ3v) is 13.6. The first kappa shape index (κ1) is 50.9. The van der Waals surface area contributed by atoms with E-state index in [0.717, 1.165) is 0 Å². The summed E-state index contributed by atoms with van der Waals surface area (Å²) < 4.78 is 162. The topological polar surface area (TPSA) is 165 Å². The van der Waals surface area contributed by atoms with Gasteiger partial charge in [-0.25, -0.2) is 29.9 Å². The molecule has 0 radical (unpaired) electrons. The molecule has 6 atom stereocenters. The molecule has 76 heavy (non-hydrogen) atoms. The van der Waals surface area contributed by atoms with Crippen LogP contribution in [0.4, 0.5) is 43.9 Å². The number of nitrogens with zero attached hydrogens (tertiary/aromatic N) is 8. The first-order valence-electron chi connectivity index (χ1n) is 23.6. The number of fused-ring (bicyclic) bond motifs is 18. The zero-order valence-corrected chi connectivity index (χ0v) is 40.2. The first-order chi connectivity index (χ1) is 35.8. The Labute approximate surface area is 423 Å². The Balaban J connectivity index is 0.000000162. The predicted molar refractivity (Wildman–Crippen MR) is 249 cm³/mol. The summed E-state index contributed by atoms with van der Waals surface area (Å²) >= 11 is 0. The molecule has 8 aromatic rings. The number of alkyl halides is 10. The molecule has 0 aliphatic carbocycles. The fourth-order valence-electron chi connectivity index (χ4n) is 10.5. The molecule has 24 heteroatoms. The SMILES string of the molecule is CC(C)(O)c1ncc(-c2ccc3nc4n(c3c2)[C@@H]2C[C@H]4OC(C(F)(F)F)c3cccc(OC(F)F)c32)cn1.CC(C)(O)c1ncc(-c2ccc3nc4n(c3c2)[C@H]2C[C@@H]4O[C@@H](C(F)(F)F)c3cccc(OC(F)F)c32)cn1. The highest BCUT2D eigenvalue weighted by atomic mass is 19.4. The van der Waals surface area contributed by atoms with E-state index >= 15 is 0 Å². The third kappa shape index (κ3) is 9.02. The van der Waals surface area contributed by atoms with Gasteiger partial charge in [0, 0.05) is 59.9 Å². The molecule has 2 N–H and O–H groups in total. The van der Waals surface area contributed by atoms with Crippen molar-refractivity contribution >= 4 is 22.1 Å². The van der Waals surface area contributed by atoms with Crippen LogP contribution in [-0.2, 0) is 20.7 Å². The monoisotopic (exact) mass is 1060 g/mol. The molecule has 1 unspecified atom stereocenters. The maximum atomic E-state index is 14.1. The van der Waals surface area contributed by atoms with Crippen molar-refractivity contribution in [2.24, 2.45) is 0 Å². The van der Waals surface area contributed by atoms with Gasteiger partial charge in [0.15, 0.2) is 23.9 Å². The number of rotatable bonds is 8. The largest absolute Gasteiger partial charge is 0.434 e. The lowest BCUT2D eigenvalue weighted by Gasteiger charge is -2.27. The highest BCUT2D eigenvalue weighted by Crippen LogP contribution is 2.57. The van der Waals surface area contributed by atoms with Crippen molar-refractivity contribution in [2.45, 2.75) is 114 Å². The van der Waals surface area contributed by atoms with Gasteiger partial charge in [0.1, 0.15) is 46.6 Å². The van der Waals surface area contributed by atoms with Crippen molar-refractivity contribution < 1.29 is 73.1 Å². The summed E-state index contributed by atoms with van der Waals surface area (Å²) in [4.78, 5) is 26.1. The van der Waals surface area contributed by atoms with Crippen LogP contribution in [0.3, 0.4) is 0 Å². The van der Waals surface area contributed by atoms with E-state index in [1.807, 2.05) is 0 Å². The molecular weight excluding hydrogens is 1020 g/mol. The smallest absolute Gasteiger partial charge is 0.418 e. The molecule has 0 fully saturated rings. The van der Waals surface area contributed by atoms with E-state index in [1.54, 1.807) is 98.0 Å². The zero-order chi connectivity index (χ0) is 54.0. The van der Waals surface area contributed by atoms with E-state index < -0.39 is 73.3 Å². The fraction of sp³-hybridized carbons (Fsp3) is 0.346. The van der Waals surface area contributed by atoms with Crippen molar-refractivity contribution in [1.82, 2.24) is 39.0 Å². The summed E-state index contributed by atoms with van der Waals surface area (Å²) in [5.74, 6) is 0.393. The molecule has 4 aromatic heterocycles. The quantitative estimate of drug-likeness (QED) is 0.139. The van der Waals surface area contributed by atoms with Gasteiger partial charge in [-0.05, 0) is 86.3 Å². The van der Waals surface area contributed by atoms with Crippen LogP contribution in [-0.4, -0.2) is 74.8 Å². The first-order valence-corrected chi connectivity index (χ1v) is 23.6. The molecule has 0 spiro atoms. The van der Waals surface area contributed by atoms with Crippen LogP contribution in [0.25, 0.3) is 44.3 Å². The number of imidazole rings is 2. The molecule has 4 bridgehead atoms. The number of halogens is 10. The number of hydrogen-bond donors (Lipinski definition) is 2. The Morgan fingerprint density at radius 3 is 1.24 bits per heavy atom. The van der Waals surface area contributed by atoms with E-state index in [2.05, 4.69) is 39.4 Å². The molecule has 14 nitrogen and oxygen atoms in total. The summed E-state index contributed by atoms with van der Waals surface area (Å²) in [5, 5.41) is 20.3. The minimum absolute atomic E-state index is 0.000980. The molecule has 0 amide bonds. The van der Waals surface area contributed by atoms with Gasteiger partial charge >= 0.3 is 25.6 Å². The molecule has 12 rings (SSSR count). The van der Waals surface area contributed by atoms with Crippen molar-refractivity contribution in [3.63, 3.8) is 0 Å². The average molecular weight is 1060 g/mol. The van der Waals surface area contributed by atoms with Crippen LogP contribution in [0.5, 0.6) is 11.5 Å². The van der Waals surface area contributed by atoms with Crippen molar-refractivity contribution in [1.29, 1.82) is 0 Å². The van der Waals surface area contributed by atoms with E-state index in [4.69, 9.17) is 9.47 Å². The summed E-state index contributed by atoms with van der Waals surface area (Å²) in [6, 6.07) is 16.5. The Morgan fingerprint density at radius 2 is 0.908 bits per heavy atom. The van der Waals surface area contributed by atoms with Crippen molar-refractivity contribution in [3.05, 3.63) is 143 Å². The highest BCUT2D eigenvalue weighted by molar-refractivity contribution is 5.84. The van der Waals surface area contributed by atoms with Crippen LogP contribution in [0.2, 0.25) is 0 Å². The van der Waals surface area contributed by atoms with Gasteiger partial charge in [-0.15, -0.1) is 0 Å². The predicted octanol–water partition coefficient (Wildman–Crippen LogP) is 12.0. The second kappa shape index (κ2) is 18.2. The van der Waals surface area contributed by atoms with Gasteiger partial charge in [-0.3, -0.25) is 0 Å². The Bertz CT molecular complexity index is 3290. The zero-order valence-electron chi connectivity index (χ0n) is 40.2. The molecule has 396 valence electrons. The number of aromatic nitrogens is 8. The van der Waals surface area contributed by atoms with Gasteiger partial charge < -0.3 is 38.3 Å². The van der Waals surface area contributed by atoms with Gasteiger partial charge in [-0.1, -0.05) is 36.4 Å². The lowest BCUT2D eigenvalue weighted by molar-refractivity contribution is -0.237. The second-order valence-corrected chi connectivity index (χ2v) is 19.7. The third-order valence-electron chi connectivity index (χ3n) is 13.6. The van der Waals surface area contributed by atoms with E-state index in [1.165, 1.54) is 36.4 Å². The maximum absolute atomic E-state index is 14.1.